The maximum atomic E-state index is 12.6. The van der Waals surface area contributed by atoms with Crippen LogP contribution in [-0.4, -0.2) is 89.9 Å². The Hall–Kier alpha value is -4.10. The summed E-state index contributed by atoms with van der Waals surface area (Å²) in [4.78, 5) is 19.5. The molecule has 1 N–H and O–H groups in total. The lowest BCUT2D eigenvalue weighted by molar-refractivity contribution is -0.123. The molecule has 3 heterocycles. The molecule has 5 rings (SSSR count). The third-order valence-electron chi connectivity index (χ3n) is 6.71. The maximum absolute atomic E-state index is 12.6. The van der Waals surface area contributed by atoms with Crippen molar-refractivity contribution in [2.75, 3.05) is 53.6 Å². The third kappa shape index (κ3) is 6.05. The second-order valence-corrected chi connectivity index (χ2v) is 9.29. The monoisotopic (exact) mass is 558 g/mol. The number of aromatic nitrogens is 4. The van der Waals surface area contributed by atoms with Gasteiger partial charge in [0.15, 0.2) is 0 Å². The van der Waals surface area contributed by atoms with Crippen molar-refractivity contribution in [2.24, 2.45) is 0 Å². The van der Waals surface area contributed by atoms with Crippen LogP contribution < -0.4 is 14.8 Å². The number of hydrogen-bond acceptors (Lipinski definition) is 7. The fourth-order valence-electron chi connectivity index (χ4n) is 4.63. The Labute approximate surface area is 228 Å². The van der Waals surface area contributed by atoms with Crippen LogP contribution >= 0.6 is 0 Å². The van der Waals surface area contributed by atoms with Crippen LogP contribution in [0.5, 0.6) is 11.5 Å². The minimum atomic E-state index is -4.55. The number of hydrogen-bond donors (Lipinski definition) is 1. The molecular weight excluding hydrogens is 529 g/mol. The zero-order valence-electron chi connectivity index (χ0n) is 22.1. The van der Waals surface area contributed by atoms with Crippen LogP contribution in [0.3, 0.4) is 0 Å². The van der Waals surface area contributed by atoms with E-state index < -0.39 is 18.6 Å². The Morgan fingerprint density at radius 2 is 1.77 bits per heavy atom. The molecular formula is C27H29F3N6O4. The fraction of sp³-hybridized carbons (Fsp3) is 0.370. The van der Waals surface area contributed by atoms with Crippen molar-refractivity contribution in [1.82, 2.24) is 29.5 Å². The number of benzene rings is 2. The van der Waals surface area contributed by atoms with Gasteiger partial charge in [-0.05, 0) is 17.7 Å². The fourth-order valence-corrected chi connectivity index (χ4v) is 4.63. The number of halogens is 3. The predicted octanol–water partition coefficient (Wildman–Crippen LogP) is 3.53. The highest BCUT2D eigenvalue weighted by Gasteiger charge is 2.30. The van der Waals surface area contributed by atoms with Crippen molar-refractivity contribution in [2.45, 2.75) is 12.7 Å². The van der Waals surface area contributed by atoms with Crippen molar-refractivity contribution in [3.8, 4) is 28.3 Å². The summed E-state index contributed by atoms with van der Waals surface area (Å²) in [7, 11) is 2.66. The van der Waals surface area contributed by atoms with Crippen LogP contribution in [0.15, 0.2) is 49.1 Å². The summed E-state index contributed by atoms with van der Waals surface area (Å²) in [5, 5.41) is 6.37. The second kappa shape index (κ2) is 11.6. The lowest BCUT2D eigenvalue weighted by atomic mass is 10.1. The normalized spacial score (nSPS) is 14.4. The van der Waals surface area contributed by atoms with Crippen LogP contribution in [0.4, 0.5) is 13.2 Å². The summed E-state index contributed by atoms with van der Waals surface area (Å²) in [6, 6.07) is 8.96. The largest absolute Gasteiger partial charge is 0.496 e. The van der Waals surface area contributed by atoms with Crippen molar-refractivity contribution < 1.29 is 32.2 Å². The minimum absolute atomic E-state index is 0.0667. The zero-order valence-corrected chi connectivity index (χ0v) is 22.1. The van der Waals surface area contributed by atoms with E-state index in [0.29, 0.717) is 5.69 Å². The van der Waals surface area contributed by atoms with Crippen molar-refractivity contribution in [3.63, 3.8) is 0 Å². The number of carbonyl (C=O) groups is 1. The van der Waals surface area contributed by atoms with Gasteiger partial charge in [-0.2, -0.15) is 18.3 Å². The summed E-state index contributed by atoms with van der Waals surface area (Å²) in [5.41, 5.74) is 3.87. The van der Waals surface area contributed by atoms with Gasteiger partial charge in [-0.25, -0.2) is 4.98 Å². The molecule has 1 amide bonds. The highest BCUT2D eigenvalue weighted by Crippen LogP contribution is 2.34. The molecule has 40 heavy (non-hydrogen) atoms. The van der Waals surface area contributed by atoms with Gasteiger partial charge in [0.1, 0.15) is 29.9 Å². The smallest absolute Gasteiger partial charge is 0.405 e. The highest BCUT2D eigenvalue weighted by atomic mass is 19.4. The first-order valence-electron chi connectivity index (χ1n) is 12.7. The van der Waals surface area contributed by atoms with Gasteiger partial charge in [-0.3, -0.25) is 18.9 Å². The van der Waals surface area contributed by atoms with Crippen LogP contribution in [-0.2, 0) is 11.3 Å². The number of morpholine rings is 1. The standard InChI is InChI=1S/C27H29F3N6O4/c1-38-23-12-20(13-24(39-2)25(23)26(37)31-16-27(28,29)30)36-17-32-21-11-18(3-4-22(21)36)19-14-33-35(15-19)6-5-34-7-9-40-10-8-34/h3-4,11-15,17H,5-10,16H2,1-2H3,(H,31,37). The predicted molar refractivity (Wildman–Crippen MR) is 141 cm³/mol. The van der Waals surface area contributed by atoms with E-state index in [9.17, 15) is 18.0 Å². The van der Waals surface area contributed by atoms with E-state index in [1.807, 2.05) is 40.6 Å². The lowest BCUT2D eigenvalue weighted by Gasteiger charge is -2.26. The van der Waals surface area contributed by atoms with Gasteiger partial charge in [-0.1, -0.05) is 6.07 Å². The lowest BCUT2D eigenvalue weighted by Crippen LogP contribution is -2.38. The summed E-state index contributed by atoms with van der Waals surface area (Å²) in [6.07, 6.45) is 0.913. The number of fused-ring (bicyclic) bond motifs is 1. The van der Waals surface area contributed by atoms with Gasteiger partial charge < -0.3 is 19.5 Å². The van der Waals surface area contributed by atoms with E-state index in [1.54, 1.807) is 23.0 Å². The van der Waals surface area contributed by atoms with E-state index in [0.717, 1.165) is 61.6 Å². The van der Waals surface area contributed by atoms with Gasteiger partial charge in [0.2, 0.25) is 0 Å². The molecule has 0 bridgehead atoms. The molecule has 1 aliphatic rings. The molecule has 0 aliphatic carbocycles. The van der Waals surface area contributed by atoms with Crippen LogP contribution in [0.2, 0.25) is 0 Å². The average Bonchev–Trinajstić information content (AvgIpc) is 3.61. The first kappa shape index (κ1) is 27.5. The Bertz CT molecular complexity index is 1470. The Balaban J connectivity index is 1.38. The van der Waals surface area contributed by atoms with Crippen LogP contribution in [0.1, 0.15) is 10.4 Å². The second-order valence-electron chi connectivity index (χ2n) is 9.29. The van der Waals surface area contributed by atoms with Crippen LogP contribution in [0.25, 0.3) is 27.8 Å². The topological polar surface area (TPSA) is 95.7 Å². The van der Waals surface area contributed by atoms with Gasteiger partial charge in [-0.15, -0.1) is 0 Å². The van der Waals surface area contributed by atoms with E-state index in [2.05, 4.69) is 15.0 Å². The number of carbonyl (C=O) groups excluding carboxylic acids is 1. The van der Waals surface area contributed by atoms with E-state index in [4.69, 9.17) is 14.2 Å². The number of nitrogens with one attached hydrogen (secondary N) is 1. The number of rotatable bonds is 9. The van der Waals surface area contributed by atoms with Crippen molar-refractivity contribution in [1.29, 1.82) is 0 Å². The van der Waals surface area contributed by atoms with Gasteiger partial charge in [0.25, 0.3) is 5.91 Å². The SMILES string of the molecule is COc1cc(-n2cnc3cc(-c4cnn(CCN5CCOCC5)c4)ccc32)cc(OC)c1C(=O)NCC(F)(F)F. The van der Waals surface area contributed by atoms with Gasteiger partial charge in [0, 0.05) is 43.5 Å². The number of imidazole rings is 1. The molecule has 13 heteroatoms. The molecule has 212 valence electrons. The quantitative estimate of drug-likeness (QED) is 0.336. The maximum Gasteiger partial charge on any atom is 0.405 e. The number of amides is 1. The first-order chi connectivity index (χ1) is 19.3. The Kier molecular flexibility index (Phi) is 7.94. The number of nitrogens with zero attached hydrogens (tertiary/aromatic N) is 5. The molecule has 1 fully saturated rings. The minimum Gasteiger partial charge on any atom is -0.496 e. The van der Waals surface area contributed by atoms with Gasteiger partial charge in [0.05, 0.1) is 56.9 Å². The van der Waals surface area contributed by atoms with E-state index in [-0.39, 0.29) is 17.1 Å². The molecule has 0 spiro atoms. The number of methoxy groups -OCH3 is 2. The Morgan fingerprint density at radius 3 is 2.45 bits per heavy atom. The molecule has 1 saturated heterocycles. The van der Waals surface area contributed by atoms with E-state index >= 15 is 0 Å². The summed E-state index contributed by atoms with van der Waals surface area (Å²) in [5.74, 6) is -0.822. The van der Waals surface area contributed by atoms with Crippen molar-refractivity contribution >= 4 is 16.9 Å². The molecule has 1 aliphatic heterocycles. The third-order valence-corrected chi connectivity index (χ3v) is 6.71. The highest BCUT2D eigenvalue weighted by molar-refractivity contribution is 6.00. The summed E-state index contributed by atoms with van der Waals surface area (Å²) in [6.45, 7) is 3.60. The van der Waals surface area contributed by atoms with E-state index in [1.165, 1.54) is 14.2 Å². The zero-order chi connectivity index (χ0) is 28.3. The molecule has 0 unspecified atom stereocenters. The van der Waals surface area contributed by atoms with Gasteiger partial charge >= 0.3 is 6.18 Å². The van der Waals surface area contributed by atoms with Crippen molar-refractivity contribution in [3.05, 3.63) is 54.6 Å². The molecule has 0 atom stereocenters. The molecule has 2 aromatic carbocycles. The number of ether oxygens (including phenoxy) is 3. The summed E-state index contributed by atoms with van der Waals surface area (Å²) >= 11 is 0. The molecule has 2 aromatic heterocycles. The average molecular weight is 559 g/mol. The first-order valence-corrected chi connectivity index (χ1v) is 12.7. The Morgan fingerprint density at radius 1 is 1.05 bits per heavy atom. The summed E-state index contributed by atoms with van der Waals surface area (Å²) < 4.78 is 57.7. The molecule has 10 nitrogen and oxygen atoms in total. The molecule has 4 aromatic rings. The molecule has 0 saturated carbocycles. The number of alkyl halides is 3. The molecule has 0 radical (unpaired) electrons. The van der Waals surface area contributed by atoms with Crippen LogP contribution in [0, 0.1) is 0 Å².